The average molecular weight is 484 g/mol. The number of ether oxygens (including phenoxy) is 1. The van der Waals surface area contributed by atoms with Crippen LogP contribution < -0.4 is 4.74 Å². The van der Waals surface area contributed by atoms with E-state index in [-0.39, 0.29) is 17.5 Å². The van der Waals surface area contributed by atoms with Crippen molar-refractivity contribution < 1.29 is 14.5 Å². The van der Waals surface area contributed by atoms with Gasteiger partial charge in [0, 0.05) is 61.2 Å². The number of carbonyl (C=O) groups excluding carboxylic acids is 1. The molecule has 1 aliphatic heterocycles. The molecule has 0 saturated carbocycles. The second-order valence-corrected chi connectivity index (χ2v) is 9.27. The molecule has 7 nitrogen and oxygen atoms in total. The fourth-order valence-corrected chi connectivity index (χ4v) is 5.12. The van der Waals surface area contributed by atoms with Gasteiger partial charge in [-0.2, -0.15) is 0 Å². The number of aromatic nitrogens is 1. The van der Waals surface area contributed by atoms with Gasteiger partial charge in [-0.3, -0.25) is 14.9 Å². The number of nitro groups is 1. The van der Waals surface area contributed by atoms with Gasteiger partial charge in [-0.05, 0) is 47.7 Å². The third-order valence-electron chi connectivity index (χ3n) is 7.05. The van der Waals surface area contributed by atoms with Gasteiger partial charge in [0.1, 0.15) is 5.75 Å². The Bertz CT molecular complexity index is 1370. The zero-order chi connectivity index (χ0) is 25.1. The van der Waals surface area contributed by atoms with Gasteiger partial charge in [-0.25, -0.2) is 0 Å². The van der Waals surface area contributed by atoms with Gasteiger partial charge in [0.25, 0.3) is 5.69 Å². The van der Waals surface area contributed by atoms with Crippen molar-refractivity contribution in [1.82, 2.24) is 9.47 Å². The Morgan fingerprint density at radius 1 is 1.00 bits per heavy atom. The second-order valence-electron chi connectivity index (χ2n) is 9.27. The van der Waals surface area contributed by atoms with E-state index in [1.54, 1.807) is 19.2 Å². The molecule has 1 atom stereocenters. The second kappa shape index (κ2) is 10.2. The normalized spacial score (nSPS) is 14.2. The minimum Gasteiger partial charge on any atom is -0.497 e. The van der Waals surface area contributed by atoms with Crippen LogP contribution >= 0.6 is 0 Å². The van der Waals surface area contributed by atoms with E-state index in [1.807, 2.05) is 29.2 Å². The summed E-state index contributed by atoms with van der Waals surface area (Å²) in [4.78, 5) is 26.0. The Morgan fingerprint density at radius 2 is 1.69 bits per heavy atom. The van der Waals surface area contributed by atoms with Crippen LogP contribution in [0.1, 0.15) is 41.9 Å². The fraction of sp³-hybridized carbons (Fsp3) is 0.276. The first kappa shape index (κ1) is 23.6. The van der Waals surface area contributed by atoms with Gasteiger partial charge in [0.2, 0.25) is 5.91 Å². The van der Waals surface area contributed by atoms with Crippen molar-refractivity contribution in [3.05, 3.63) is 106 Å². The molecular weight excluding hydrogens is 454 g/mol. The Labute approximate surface area is 210 Å². The van der Waals surface area contributed by atoms with E-state index in [4.69, 9.17) is 4.74 Å². The van der Waals surface area contributed by atoms with Crippen LogP contribution in [0, 0.1) is 10.1 Å². The molecule has 1 aromatic heterocycles. The summed E-state index contributed by atoms with van der Waals surface area (Å²) in [6.07, 6.45) is 4.54. The Hall–Kier alpha value is -4.13. The van der Waals surface area contributed by atoms with E-state index >= 15 is 0 Å². The molecule has 1 aliphatic rings. The summed E-state index contributed by atoms with van der Waals surface area (Å²) >= 11 is 0. The van der Waals surface area contributed by atoms with Crippen LogP contribution in [0.15, 0.2) is 79.0 Å². The van der Waals surface area contributed by atoms with Crippen LogP contribution in [0.4, 0.5) is 5.69 Å². The highest BCUT2D eigenvalue weighted by molar-refractivity contribution is 5.87. The average Bonchev–Trinajstić information content (AvgIpc) is 3.57. The molecule has 2 heterocycles. The van der Waals surface area contributed by atoms with Crippen molar-refractivity contribution in [2.45, 2.75) is 31.7 Å². The maximum atomic E-state index is 13.3. The van der Waals surface area contributed by atoms with Gasteiger partial charge in [-0.1, -0.05) is 42.5 Å². The summed E-state index contributed by atoms with van der Waals surface area (Å²) in [5.41, 5.74) is 4.23. The summed E-state index contributed by atoms with van der Waals surface area (Å²) in [7, 11) is 1.66. The molecule has 1 saturated heterocycles. The van der Waals surface area contributed by atoms with Crippen molar-refractivity contribution >= 4 is 22.5 Å². The van der Waals surface area contributed by atoms with Gasteiger partial charge in [-0.15, -0.1) is 0 Å². The van der Waals surface area contributed by atoms with Crippen molar-refractivity contribution in [3.63, 3.8) is 0 Å². The number of benzene rings is 3. The van der Waals surface area contributed by atoms with Crippen LogP contribution in [0.3, 0.4) is 0 Å². The molecule has 0 aliphatic carbocycles. The van der Waals surface area contributed by atoms with Crippen molar-refractivity contribution in [2.75, 3.05) is 20.2 Å². The number of carbonyl (C=O) groups is 1. The zero-order valence-corrected chi connectivity index (χ0v) is 20.3. The predicted octanol–water partition coefficient (Wildman–Crippen LogP) is 5.75. The van der Waals surface area contributed by atoms with E-state index in [9.17, 15) is 14.9 Å². The molecule has 0 N–H and O–H groups in total. The number of hydrogen-bond donors (Lipinski definition) is 0. The van der Waals surface area contributed by atoms with Gasteiger partial charge in [0.05, 0.1) is 12.0 Å². The largest absolute Gasteiger partial charge is 0.497 e. The Morgan fingerprint density at radius 3 is 2.36 bits per heavy atom. The number of hydrogen-bond acceptors (Lipinski definition) is 4. The number of methoxy groups -OCH3 is 1. The third kappa shape index (κ3) is 4.82. The first-order chi connectivity index (χ1) is 17.5. The van der Waals surface area contributed by atoms with Crippen molar-refractivity contribution in [1.29, 1.82) is 0 Å². The summed E-state index contributed by atoms with van der Waals surface area (Å²) in [6.45, 7) is 2.27. The minimum absolute atomic E-state index is 0.0466. The van der Waals surface area contributed by atoms with Crippen LogP contribution in [0.25, 0.3) is 10.9 Å². The molecule has 0 spiro atoms. The maximum absolute atomic E-state index is 13.3. The number of fused-ring (bicyclic) bond motifs is 1. The number of rotatable bonds is 8. The van der Waals surface area contributed by atoms with Crippen LogP contribution in [0.2, 0.25) is 0 Å². The van der Waals surface area contributed by atoms with Crippen LogP contribution in [0.5, 0.6) is 5.75 Å². The lowest BCUT2D eigenvalue weighted by Crippen LogP contribution is -2.29. The number of para-hydroxylation sites is 1. The molecular formula is C29H29N3O4. The number of non-ortho nitro benzene ring substituents is 1. The predicted molar refractivity (Wildman–Crippen MR) is 139 cm³/mol. The quantitative estimate of drug-likeness (QED) is 0.236. The van der Waals surface area contributed by atoms with E-state index in [0.717, 1.165) is 59.3 Å². The summed E-state index contributed by atoms with van der Waals surface area (Å²) in [5, 5.41) is 12.3. The van der Waals surface area contributed by atoms with Gasteiger partial charge < -0.3 is 14.2 Å². The Kier molecular flexibility index (Phi) is 6.71. The summed E-state index contributed by atoms with van der Waals surface area (Å²) < 4.78 is 7.51. The molecule has 0 radical (unpaired) electrons. The SMILES string of the molecule is COc1ccc(Cn2cc(C(CC(=O)N3CCCC3)c3ccc([N+](=O)[O-])cc3)c3ccccc32)cc1. The van der Waals surface area contributed by atoms with E-state index in [0.29, 0.717) is 13.0 Å². The van der Waals surface area contributed by atoms with Crippen molar-refractivity contribution in [2.24, 2.45) is 0 Å². The molecule has 4 aromatic rings. The monoisotopic (exact) mass is 483 g/mol. The highest BCUT2D eigenvalue weighted by atomic mass is 16.6. The van der Waals surface area contributed by atoms with E-state index < -0.39 is 4.92 Å². The van der Waals surface area contributed by atoms with Crippen LogP contribution in [-0.4, -0.2) is 40.5 Å². The third-order valence-corrected chi connectivity index (χ3v) is 7.05. The van der Waals surface area contributed by atoms with Gasteiger partial charge >= 0.3 is 0 Å². The maximum Gasteiger partial charge on any atom is 0.269 e. The van der Waals surface area contributed by atoms with Gasteiger partial charge in [0.15, 0.2) is 0 Å². The summed E-state index contributed by atoms with van der Waals surface area (Å²) in [5.74, 6) is 0.735. The molecule has 3 aromatic carbocycles. The lowest BCUT2D eigenvalue weighted by molar-refractivity contribution is -0.384. The lowest BCUT2D eigenvalue weighted by Gasteiger charge is -2.21. The Balaban J connectivity index is 1.55. The standard InChI is InChI=1S/C29H29N3O4/c1-36-24-14-8-21(9-15-24)19-31-20-27(25-6-2-3-7-28(25)31)26(18-29(33)30-16-4-5-17-30)22-10-12-23(13-11-22)32(34)35/h2-3,6-15,20,26H,4-5,16-19H2,1H3. The minimum atomic E-state index is -0.394. The number of likely N-dealkylation sites (tertiary alicyclic amines) is 1. The highest BCUT2D eigenvalue weighted by Crippen LogP contribution is 2.36. The molecule has 36 heavy (non-hydrogen) atoms. The topological polar surface area (TPSA) is 77.6 Å². The summed E-state index contributed by atoms with van der Waals surface area (Å²) in [6, 6.07) is 22.9. The molecule has 1 unspecified atom stereocenters. The number of nitrogens with zero attached hydrogens (tertiary/aromatic N) is 3. The first-order valence-corrected chi connectivity index (χ1v) is 12.3. The molecule has 5 rings (SSSR count). The van der Waals surface area contributed by atoms with E-state index in [1.165, 1.54) is 12.1 Å². The zero-order valence-electron chi connectivity index (χ0n) is 20.3. The smallest absolute Gasteiger partial charge is 0.269 e. The molecule has 184 valence electrons. The number of amides is 1. The fourth-order valence-electron chi connectivity index (χ4n) is 5.12. The first-order valence-electron chi connectivity index (χ1n) is 12.3. The molecule has 0 bridgehead atoms. The molecule has 1 amide bonds. The molecule has 1 fully saturated rings. The van der Waals surface area contributed by atoms with Crippen LogP contribution in [-0.2, 0) is 11.3 Å². The highest BCUT2D eigenvalue weighted by Gasteiger charge is 2.27. The van der Waals surface area contributed by atoms with Crippen molar-refractivity contribution in [3.8, 4) is 5.75 Å². The molecule has 7 heteroatoms. The number of nitro benzene ring substituents is 1. The lowest BCUT2D eigenvalue weighted by atomic mass is 9.87. The van der Waals surface area contributed by atoms with E-state index in [2.05, 4.69) is 35.0 Å².